The molecule has 178 valence electrons. The third-order valence-corrected chi connectivity index (χ3v) is 6.45. The van der Waals surface area contributed by atoms with Gasteiger partial charge in [-0.05, 0) is 67.6 Å². The monoisotopic (exact) mass is 467 g/mol. The second-order valence-corrected chi connectivity index (χ2v) is 9.31. The van der Waals surface area contributed by atoms with E-state index in [2.05, 4.69) is 16.4 Å². The number of nitrogens with zero attached hydrogens (tertiary/aromatic N) is 4. The smallest absolute Gasteiger partial charge is 0.295 e. The van der Waals surface area contributed by atoms with E-state index in [-0.39, 0.29) is 17.4 Å². The van der Waals surface area contributed by atoms with E-state index < -0.39 is 0 Å². The Balaban J connectivity index is 1.44. The van der Waals surface area contributed by atoms with Crippen LogP contribution in [0.3, 0.4) is 0 Å². The molecule has 1 N–H and O–H groups in total. The zero-order valence-electron chi connectivity index (χ0n) is 20.1. The second-order valence-electron chi connectivity index (χ2n) is 9.31. The van der Waals surface area contributed by atoms with Crippen LogP contribution in [0, 0.1) is 19.8 Å². The van der Waals surface area contributed by atoms with Gasteiger partial charge in [0.05, 0.1) is 12.5 Å². The van der Waals surface area contributed by atoms with Crippen molar-refractivity contribution < 1.29 is 4.79 Å². The molecule has 1 saturated heterocycles. The van der Waals surface area contributed by atoms with Crippen LogP contribution in [0.1, 0.15) is 29.5 Å². The van der Waals surface area contributed by atoms with Crippen LogP contribution in [0.25, 0.3) is 11.2 Å². The highest BCUT2D eigenvalue weighted by molar-refractivity contribution is 5.93. The van der Waals surface area contributed by atoms with Crippen molar-refractivity contribution in [2.75, 3.05) is 23.3 Å². The lowest BCUT2D eigenvalue weighted by Gasteiger charge is -2.32. The molecule has 2 aromatic carbocycles. The van der Waals surface area contributed by atoms with E-state index in [9.17, 15) is 9.59 Å². The van der Waals surface area contributed by atoms with E-state index in [1.807, 2.05) is 73.3 Å². The molecule has 5 rings (SSSR count). The van der Waals surface area contributed by atoms with Crippen LogP contribution in [-0.2, 0) is 11.3 Å². The summed E-state index contributed by atoms with van der Waals surface area (Å²) in [6, 6.07) is 19.6. The van der Waals surface area contributed by atoms with Crippen molar-refractivity contribution in [3.05, 3.63) is 93.9 Å². The lowest BCUT2D eigenvalue weighted by Crippen LogP contribution is -2.44. The van der Waals surface area contributed by atoms with Gasteiger partial charge >= 0.3 is 0 Å². The highest BCUT2D eigenvalue weighted by atomic mass is 16.2. The van der Waals surface area contributed by atoms with Gasteiger partial charge in [-0.1, -0.05) is 36.4 Å². The maximum absolute atomic E-state index is 13.6. The molecule has 1 atom stereocenters. The number of carbonyl (C=O) groups excluding carboxylic acids is 1. The van der Waals surface area contributed by atoms with Crippen LogP contribution < -0.4 is 15.8 Å². The summed E-state index contributed by atoms with van der Waals surface area (Å²) in [6.45, 7) is 5.59. The first kappa shape index (κ1) is 22.8. The summed E-state index contributed by atoms with van der Waals surface area (Å²) < 4.78 is 1.69. The van der Waals surface area contributed by atoms with Crippen molar-refractivity contribution in [3.8, 4) is 0 Å². The first-order chi connectivity index (χ1) is 17.0. The summed E-state index contributed by atoms with van der Waals surface area (Å²) in [4.78, 5) is 37.9. The van der Waals surface area contributed by atoms with Crippen LogP contribution >= 0.6 is 0 Å². The van der Waals surface area contributed by atoms with Crippen molar-refractivity contribution in [1.82, 2.24) is 14.5 Å². The molecule has 0 bridgehead atoms. The van der Waals surface area contributed by atoms with Gasteiger partial charge in [0.1, 0.15) is 5.52 Å². The van der Waals surface area contributed by atoms with Gasteiger partial charge in [0, 0.05) is 25.0 Å². The average Bonchev–Trinajstić information content (AvgIpc) is 2.85. The number of hydrogen-bond donors (Lipinski definition) is 1. The van der Waals surface area contributed by atoms with Crippen LogP contribution in [0.4, 0.5) is 11.5 Å². The third-order valence-electron chi connectivity index (χ3n) is 6.45. The quantitative estimate of drug-likeness (QED) is 0.473. The number of fused-ring (bicyclic) bond motifs is 1. The number of amides is 1. The van der Waals surface area contributed by atoms with Gasteiger partial charge in [0.2, 0.25) is 5.91 Å². The molecule has 35 heavy (non-hydrogen) atoms. The number of anilines is 2. The average molecular weight is 468 g/mol. The molecular formula is C28H29N5O2. The summed E-state index contributed by atoms with van der Waals surface area (Å²) >= 11 is 0. The Morgan fingerprint density at radius 1 is 1.06 bits per heavy atom. The molecule has 1 fully saturated rings. The lowest BCUT2D eigenvalue weighted by molar-refractivity contribution is -0.120. The second kappa shape index (κ2) is 9.70. The Morgan fingerprint density at radius 3 is 2.60 bits per heavy atom. The number of carbonyl (C=O) groups is 1. The Kier molecular flexibility index (Phi) is 6.31. The Morgan fingerprint density at radius 2 is 1.83 bits per heavy atom. The van der Waals surface area contributed by atoms with Gasteiger partial charge in [0.15, 0.2) is 11.5 Å². The number of pyridine rings is 1. The zero-order valence-corrected chi connectivity index (χ0v) is 20.1. The van der Waals surface area contributed by atoms with Crippen LogP contribution in [0.2, 0.25) is 0 Å². The molecule has 0 aliphatic carbocycles. The topological polar surface area (TPSA) is 80.1 Å². The number of piperidine rings is 1. The molecule has 0 saturated carbocycles. The summed E-state index contributed by atoms with van der Waals surface area (Å²) in [5.41, 5.74) is 5.09. The molecule has 4 aromatic rings. The van der Waals surface area contributed by atoms with E-state index >= 15 is 0 Å². The van der Waals surface area contributed by atoms with E-state index in [1.165, 1.54) is 0 Å². The van der Waals surface area contributed by atoms with Crippen molar-refractivity contribution in [1.29, 1.82) is 0 Å². The summed E-state index contributed by atoms with van der Waals surface area (Å²) in [5, 5.41) is 3.07. The predicted molar refractivity (Wildman–Crippen MR) is 139 cm³/mol. The van der Waals surface area contributed by atoms with E-state index in [4.69, 9.17) is 4.98 Å². The fraction of sp³-hybridized carbons (Fsp3) is 0.286. The Bertz CT molecular complexity index is 1410. The third kappa shape index (κ3) is 4.94. The molecule has 1 aliphatic rings. The van der Waals surface area contributed by atoms with Crippen LogP contribution in [0.5, 0.6) is 0 Å². The standard InChI is InChI=1S/C28H29N5O2/c1-19-14-20(2)16-23(15-19)30-27(34)22-10-7-13-32(18-22)26-28(35)33(17-21-8-4-3-5-9-21)25-24(31-26)11-6-12-29-25/h3-6,8-9,11-12,14-16,22H,7,10,13,17-18H2,1-2H3,(H,30,34)/t22-/m0/s1. The molecule has 3 heterocycles. The number of hydrogen-bond acceptors (Lipinski definition) is 5. The van der Waals surface area contributed by atoms with Gasteiger partial charge in [-0.3, -0.25) is 14.2 Å². The van der Waals surface area contributed by atoms with E-state index in [0.29, 0.717) is 36.6 Å². The zero-order chi connectivity index (χ0) is 24.4. The first-order valence-corrected chi connectivity index (χ1v) is 12.0. The highest BCUT2D eigenvalue weighted by Gasteiger charge is 2.29. The molecule has 7 nitrogen and oxygen atoms in total. The highest BCUT2D eigenvalue weighted by Crippen LogP contribution is 2.23. The molecule has 1 amide bonds. The Hall–Kier alpha value is -4.00. The minimum atomic E-state index is -0.224. The summed E-state index contributed by atoms with van der Waals surface area (Å²) in [5.74, 6) is 0.134. The molecule has 1 aliphatic heterocycles. The summed E-state index contributed by atoms with van der Waals surface area (Å²) in [6.07, 6.45) is 3.27. The molecule has 0 spiro atoms. The number of aryl methyl sites for hydroxylation is 2. The molecule has 2 aromatic heterocycles. The largest absolute Gasteiger partial charge is 0.351 e. The number of aromatic nitrogens is 3. The van der Waals surface area contributed by atoms with Crippen molar-refractivity contribution in [3.63, 3.8) is 0 Å². The van der Waals surface area contributed by atoms with Gasteiger partial charge in [-0.2, -0.15) is 0 Å². The normalized spacial score (nSPS) is 15.8. The molecule has 7 heteroatoms. The number of benzene rings is 2. The molecular weight excluding hydrogens is 438 g/mol. The van der Waals surface area contributed by atoms with Gasteiger partial charge < -0.3 is 10.2 Å². The molecule has 0 radical (unpaired) electrons. The first-order valence-electron chi connectivity index (χ1n) is 12.0. The fourth-order valence-electron chi connectivity index (χ4n) is 4.86. The summed E-state index contributed by atoms with van der Waals surface area (Å²) in [7, 11) is 0. The van der Waals surface area contributed by atoms with Crippen molar-refractivity contribution in [2.24, 2.45) is 5.92 Å². The number of nitrogens with one attached hydrogen (secondary N) is 1. The van der Waals surface area contributed by atoms with E-state index in [0.717, 1.165) is 35.2 Å². The predicted octanol–water partition coefficient (Wildman–Crippen LogP) is 4.31. The van der Waals surface area contributed by atoms with Crippen molar-refractivity contribution >= 4 is 28.6 Å². The van der Waals surface area contributed by atoms with Crippen molar-refractivity contribution in [2.45, 2.75) is 33.2 Å². The fourth-order valence-corrected chi connectivity index (χ4v) is 4.86. The van der Waals surface area contributed by atoms with Gasteiger partial charge in [0.25, 0.3) is 5.56 Å². The SMILES string of the molecule is Cc1cc(C)cc(NC(=O)[C@H]2CCCN(c3nc4cccnc4n(Cc4ccccc4)c3=O)C2)c1. The van der Waals surface area contributed by atoms with Crippen LogP contribution in [0.15, 0.2) is 71.7 Å². The van der Waals surface area contributed by atoms with Gasteiger partial charge in [-0.25, -0.2) is 9.97 Å². The molecule has 0 unspecified atom stereocenters. The van der Waals surface area contributed by atoms with Gasteiger partial charge in [-0.15, -0.1) is 0 Å². The maximum atomic E-state index is 13.6. The Labute approximate surface area is 204 Å². The minimum absolute atomic E-state index is 0.0215. The lowest BCUT2D eigenvalue weighted by atomic mass is 9.97. The minimum Gasteiger partial charge on any atom is -0.351 e. The number of rotatable bonds is 5. The van der Waals surface area contributed by atoms with Crippen LogP contribution in [-0.4, -0.2) is 33.5 Å². The van der Waals surface area contributed by atoms with E-state index in [1.54, 1.807) is 10.8 Å². The maximum Gasteiger partial charge on any atom is 0.295 e.